The van der Waals surface area contributed by atoms with Gasteiger partial charge in [0.1, 0.15) is 0 Å². The van der Waals surface area contributed by atoms with Crippen LogP contribution in [0.3, 0.4) is 0 Å². The van der Waals surface area contributed by atoms with Crippen molar-refractivity contribution in [2.24, 2.45) is 5.73 Å². The van der Waals surface area contributed by atoms with Gasteiger partial charge in [-0.2, -0.15) is 0 Å². The summed E-state index contributed by atoms with van der Waals surface area (Å²) in [6, 6.07) is 5.31. The van der Waals surface area contributed by atoms with Gasteiger partial charge >= 0.3 is 0 Å². The van der Waals surface area contributed by atoms with Crippen molar-refractivity contribution in [1.82, 2.24) is 0 Å². The molecule has 0 atom stereocenters. The molecule has 2 nitrogen and oxygen atoms in total. The van der Waals surface area contributed by atoms with Crippen molar-refractivity contribution < 1.29 is 4.79 Å². The van der Waals surface area contributed by atoms with Gasteiger partial charge in [0, 0.05) is 6.42 Å². The maximum atomic E-state index is 12.0. The first-order valence-electron chi connectivity index (χ1n) is 5.28. The van der Waals surface area contributed by atoms with Crippen LogP contribution >= 0.6 is 23.2 Å². The first-order chi connectivity index (χ1) is 7.53. The number of hydrogen-bond donors (Lipinski definition) is 1. The van der Waals surface area contributed by atoms with Crippen LogP contribution in [0.15, 0.2) is 18.2 Å². The summed E-state index contributed by atoms with van der Waals surface area (Å²) < 4.78 is 0. The van der Waals surface area contributed by atoms with Crippen LogP contribution in [-0.2, 0) is 11.2 Å². The lowest BCUT2D eigenvalue weighted by atomic mass is 9.73. The zero-order chi connectivity index (χ0) is 11.8. The predicted octanol–water partition coefficient (Wildman–Crippen LogP) is 2.99. The Morgan fingerprint density at radius 2 is 2.06 bits per heavy atom. The molecule has 86 valence electrons. The molecule has 1 aromatic carbocycles. The molecule has 1 fully saturated rings. The molecule has 0 heterocycles. The highest BCUT2D eigenvalue weighted by molar-refractivity contribution is 6.42. The lowest BCUT2D eigenvalue weighted by molar-refractivity contribution is -0.126. The third-order valence-electron chi connectivity index (χ3n) is 3.18. The normalized spacial score (nSPS) is 17.9. The van der Waals surface area contributed by atoms with Crippen molar-refractivity contribution in [1.29, 1.82) is 0 Å². The van der Waals surface area contributed by atoms with Crippen molar-refractivity contribution in [2.45, 2.75) is 31.2 Å². The van der Waals surface area contributed by atoms with E-state index >= 15 is 0 Å². The largest absolute Gasteiger partial charge is 0.319 e. The SMILES string of the molecule is NC1(C(=O)Cc2cccc(Cl)c2Cl)CCC1. The van der Waals surface area contributed by atoms with Gasteiger partial charge in [-0.05, 0) is 30.9 Å². The molecule has 0 unspecified atom stereocenters. The topological polar surface area (TPSA) is 43.1 Å². The number of carbonyl (C=O) groups excluding carboxylic acids is 1. The van der Waals surface area contributed by atoms with Crippen molar-refractivity contribution in [3.63, 3.8) is 0 Å². The molecule has 1 aromatic rings. The maximum Gasteiger partial charge on any atom is 0.157 e. The van der Waals surface area contributed by atoms with E-state index in [1.807, 2.05) is 6.07 Å². The van der Waals surface area contributed by atoms with Gasteiger partial charge < -0.3 is 5.73 Å². The summed E-state index contributed by atoms with van der Waals surface area (Å²) in [5.41, 5.74) is 6.10. The second kappa shape index (κ2) is 4.36. The summed E-state index contributed by atoms with van der Waals surface area (Å²) in [7, 11) is 0. The quantitative estimate of drug-likeness (QED) is 0.905. The van der Waals surface area contributed by atoms with Crippen LogP contribution in [0, 0.1) is 0 Å². The average molecular weight is 258 g/mol. The Morgan fingerprint density at radius 3 is 2.62 bits per heavy atom. The summed E-state index contributed by atoms with van der Waals surface area (Å²) in [6.45, 7) is 0. The van der Waals surface area contributed by atoms with Gasteiger partial charge in [-0.3, -0.25) is 4.79 Å². The average Bonchev–Trinajstić information content (AvgIpc) is 2.21. The van der Waals surface area contributed by atoms with Crippen LogP contribution in [-0.4, -0.2) is 11.3 Å². The molecule has 0 spiro atoms. The Balaban J connectivity index is 2.15. The van der Waals surface area contributed by atoms with E-state index < -0.39 is 5.54 Å². The molecule has 2 rings (SSSR count). The van der Waals surface area contributed by atoms with Gasteiger partial charge in [0.15, 0.2) is 5.78 Å². The first kappa shape index (κ1) is 11.9. The van der Waals surface area contributed by atoms with Gasteiger partial charge in [0.2, 0.25) is 0 Å². The molecular formula is C12H13Cl2NO. The van der Waals surface area contributed by atoms with E-state index in [2.05, 4.69) is 0 Å². The number of rotatable bonds is 3. The Morgan fingerprint density at radius 1 is 1.38 bits per heavy atom. The van der Waals surface area contributed by atoms with Gasteiger partial charge in [-0.15, -0.1) is 0 Å². The molecule has 1 aliphatic rings. The monoisotopic (exact) mass is 257 g/mol. The molecule has 16 heavy (non-hydrogen) atoms. The standard InChI is InChI=1S/C12H13Cl2NO/c13-9-4-1-3-8(11(9)14)7-10(16)12(15)5-2-6-12/h1,3-4H,2,5-7,15H2. The van der Waals surface area contributed by atoms with Crippen LogP contribution in [0.25, 0.3) is 0 Å². The first-order valence-corrected chi connectivity index (χ1v) is 6.03. The minimum atomic E-state index is -0.619. The minimum absolute atomic E-state index is 0.0583. The van der Waals surface area contributed by atoms with Crippen molar-refractivity contribution in [3.8, 4) is 0 Å². The zero-order valence-electron chi connectivity index (χ0n) is 8.80. The molecule has 0 aromatic heterocycles. The number of carbonyl (C=O) groups is 1. The summed E-state index contributed by atoms with van der Waals surface area (Å²) in [5.74, 6) is 0.0583. The molecule has 0 aliphatic heterocycles. The number of benzene rings is 1. The molecule has 0 radical (unpaired) electrons. The van der Waals surface area contributed by atoms with Gasteiger partial charge in [-0.1, -0.05) is 35.3 Å². The van der Waals surface area contributed by atoms with Crippen LogP contribution in [0.2, 0.25) is 10.0 Å². The highest BCUT2D eigenvalue weighted by Crippen LogP contribution is 2.33. The van der Waals surface area contributed by atoms with Crippen molar-refractivity contribution >= 4 is 29.0 Å². The summed E-state index contributed by atoms with van der Waals surface area (Å²) >= 11 is 11.9. The number of Topliss-reactive ketones (excluding diaryl/α,β-unsaturated/α-hetero) is 1. The van der Waals surface area contributed by atoms with Crippen molar-refractivity contribution in [2.75, 3.05) is 0 Å². The molecule has 2 N–H and O–H groups in total. The fraction of sp³-hybridized carbons (Fsp3) is 0.417. The highest BCUT2D eigenvalue weighted by Gasteiger charge is 2.39. The number of nitrogens with two attached hydrogens (primary N) is 1. The Hall–Kier alpha value is -0.570. The molecule has 0 bridgehead atoms. The summed E-state index contributed by atoms with van der Waals surface area (Å²) in [5, 5.41) is 0.937. The third kappa shape index (κ3) is 2.10. The van der Waals surface area contributed by atoms with Gasteiger partial charge in [0.25, 0.3) is 0 Å². The fourth-order valence-corrected chi connectivity index (χ4v) is 2.26. The second-order valence-electron chi connectivity index (χ2n) is 4.32. The van der Waals surface area contributed by atoms with Crippen LogP contribution in [0.4, 0.5) is 0 Å². The number of ketones is 1. The summed E-state index contributed by atoms with van der Waals surface area (Å²) in [4.78, 5) is 12.0. The molecule has 1 aliphatic carbocycles. The lowest BCUT2D eigenvalue weighted by Gasteiger charge is -2.36. The fourth-order valence-electron chi connectivity index (χ4n) is 1.87. The van der Waals surface area contributed by atoms with E-state index in [1.165, 1.54) is 0 Å². The van der Waals surface area contributed by atoms with Gasteiger partial charge in [0.05, 0.1) is 15.6 Å². The molecule has 1 saturated carbocycles. The zero-order valence-corrected chi connectivity index (χ0v) is 10.3. The van der Waals surface area contributed by atoms with E-state index in [-0.39, 0.29) is 12.2 Å². The Kier molecular flexibility index (Phi) is 3.24. The van der Waals surface area contributed by atoms with Gasteiger partial charge in [-0.25, -0.2) is 0 Å². The van der Waals surface area contributed by atoms with E-state index in [4.69, 9.17) is 28.9 Å². The van der Waals surface area contributed by atoms with E-state index in [1.54, 1.807) is 12.1 Å². The second-order valence-corrected chi connectivity index (χ2v) is 5.11. The molecular weight excluding hydrogens is 245 g/mol. The lowest BCUT2D eigenvalue weighted by Crippen LogP contribution is -2.54. The Bertz CT molecular complexity index is 427. The van der Waals surface area contributed by atoms with E-state index in [0.717, 1.165) is 24.8 Å². The maximum absolute atomic E-state index is 12.0. The summed E-state index contributed by atoms with van der Waals surface area (Å²) in [6.07, 6.45) is 2.87. The number of halogens is 2. The third-order valence-corrected chi connectivity index (χ3v) is 4.04. The molecule has 0 amide bonds. The minimum Gasteiger partial charge on any atom is -0.319 e. The Labute approximate surface area is 105 Å². The van der Waals surface area contributed by atoms with Crippen LogP contribution < -0.4 is 5.73 Å². The molecule has 4 heteroatoms. The molecule has 0 saturated heterocycles. The van der Waals surface area contributed by atoms with E-state index in [0.29, 0.717) is 10.0 Å². The smallest absolute Gasteiger partial charge is 0.157 e. The van der Waals surface area contributed by atoms with Crippen LogP contribution in [0.1, 0.15) is 24.8 Å². The predicted molar refractivity (Wildman–Crippen MR) is 65.9 cm³/mol. The van der Waals surface area contributed by atoms with Crippen LogP contribution in [0.5, 0.6) is 0 Å². The highest BCUT2D eigenvalue weighted by atomic mass is 35.5. The van der Waals surface area contributed by atoms with E-state index in [9.17, 15) is 4.79 Å². The number of hydrogen-bond acceptors (Lipinski definition) is 2. The van der Waals surface area contributed by atoms with Crippen molar-refractivity contribution in [3.05, 3.63) is 33.8 Å².